The van der Waals surface area contributed by atoms with Crippen LogP contribution in [0, 0.1) is 0 Å². The Morgan fingerprint density at radius 2 is 2.17 bits per heavy atom. The van der Waals surface area contributed by atoms with Crippen LogP contribution in [0.25, 0.3) is 0 Å². The average Bonchev–Trinajstić information content (AvgIpc) is 2.34. The molecule has 1 atom stereocenters. The Kier molecular flexibility index (Phi) is 5.00. The molecule has 0 spiro atoms. The number of methoxy groups -OCH3 is 1. The smallest absolute Gasteiger partial charge is 0.134 e. The second-order valence-electron chi connectivity index (χ2n) is 4.63. The zero-order valence-electron chi connectivity index (χ0n) is 10.9. The summed E-state index contributed by atoms with van der Waals surface area (Å²) in [5.41, 5.74) is 6.53. The third-order valence-electron chi connectivity index (χ3n) is 3.18. The molecule has 0 aromatic heterocycles. The maximum atomic E-state index is 5.78. The molecular formula is C15H21NOS. The van der Waals surface area contributed by atoms with Gasteiger partial charge in [-0.25, -0.2) is 0 Å². The van der Waals surface area contributed by atoms with Gasteiger partial charge in [-0.1, -0.05) is 25.0 Å². The van der Waals surface area contributed by atoms with E-state index < -0.39 is 0 Å². The number of nitrogen functional groups attached to an aromatic ring is 1. The van der Waals surface area contributed by atoms with E-state index in [2.05, 4.69) is 18.2 Å². The first-order valence-corrected chi connectivity index (χ1v) is 7.44. The largest absolute Gasteiger partial charge is 0.496 e. The van der Waals surface area contributed by atoms with Gasteiger partial charge in [-0.15, -0.1) is 11.8 Å². The molecule has 3 heteroatoms. The minimum atomic E-state index is 0.558. The molecule has 1 aliphatic carbocycles. The van der Waals surface area contributed by atoms with E-state index >= 15 is 0 Å². The number of hydrogen-bond donors (Lipinski definition) is 1. The third-order valence-corrected chi connectivity index (χ3v) is 4.46. The monoisotopic (exact) mass is 263 g/mol. The molecule has 1 aromatic carbocycles. The van der Waals surface area contributed by atoms with Gasteiger partial charge < -0.3 is 10.5 Å². The van der Waals surface area contributed by atoms with E-state index in [9.17, 15) is 0 Å². The van der Waals surface area contributed by atoms with Crippen molar-refractivity contribution in [3.05, 3.63) is 30.4 Å². The minimum absolute atomic E-state index is 0.558. The quantitative estimate of drug-likeness (QED) is 0.654. The molecule has 0 amide bonds. The lowest BCUT2D eigenvalue weighted by molar-refractivity contribution is 0.405. The molecular weight excluding hydrogens is 242 g/mol. The van der Waals surface area contributed by atoms with E-state index in [4.69, 9.17) is 10.5 Å². The normalized spacial score (nSPS) is 21.9. The number of nitrogens with two attached hydrogens (primary N) is 1. The molecule has 98 valence electrons. The van der Waals surface area contributed by atoms with Gasteiger partial charge in [0.1, 0.15) is 5.75 Å². The van der Waals surface area contributed by atoms with Gasteiger partial charge in [0.25, 0.3) is 0 Å². The van der Waals surface area contributed by atoms with Crippen LogP contribution in [0.4, 0.5) is 5.69 Å². The van der Waals surface area contributed by atoms with Crippen molar-refractivity contribution in [3.63, 3.8) is 0 Å². The zero-order chi connectivity index (χ0) is 12.8. The van der Waals surface area contributed by atoms with Crippen LogP contribution in [0.5, 0.6) is 5.75 Å². The second-order valence-corrected chi connectivity index (χ2v) is 5.91. The van der Waals surface area contributed by atoms with E-state index in [1.807, 2.05) is 23.9 Å². The Balaban J connectivity index is 2.09. The fourth-order valence-corrected chi connectivity index (χ4v) is 3.38. The van der Waals surface area contributed by atoms with E-state index in [0.29, 0.717) is 5.25 Å². The van der Waals surface area contributed by atoms with Crippen molar-refractivity contribution in [1.82, 2.24) is 0 Å². The van der Waals surface area contributed by atoms with Gasteiger partial charge in [-0.05, 0) is 31.4 Å². The summed E-state index contributed by atoms with van der Waals surface area (Å²) in [7, 11) is 1.70. The van der Waals surface area contributed by atoms with Crippen LogP contribution < -0.4 is 10.5 Å². The van der Waals surface area contributed by atoms with Crippen LogP contribution in [-0.4, -0.2) is 12.4 Å². The number of thioether (sulfide) groups is 1. The minimum Gasteiger partial charge on any atom is -0.496 e. The summed E-state index contributed by atoms with van der Waals surface area (Å²) in [6.45, 7) is 0. The molecule has 2 nitrogen and oxygen atoms in total. The molecule has 0 saturated carbocycles. The highest BCUT2D eigenvalue weighted by Crippen LogP contribution is 2.36. The fourth-order valence-electron chi connectivity index (χ4n) is 2.17. The van der Waals surface area contributed by atoms with Crippen LogP contribution in [0.1, 0.15) is 32.1 Å². The first-order valence-electron chi connectivity index (χ1n) is 6.56. The fraction of sp³-hybridized carbons (Fsp3) is 0.467. The first-order chi connectivity index (χ1) is 8.79. The molecule has 0 aliphatic heterocycles. The van der Waals surface area contributed by atoms with Crippen LogP contribution in [0.2, 0.25) is 0 Å². The average molecular weight is 263 g/mol. The Bertz CT molecular complexity index is 417. The SMILES string of the molecule is COc1cc(N)ccc1SC1/C=C/CCCCC1. The van der Waals surface area contributed by atoms with E-state index in [0.717, 1.165) is 11.4 Å². The van der Waals surface area contributed by atoms with Gasteiger partial charge in [-0.2, -0.15) is 0 Å². The molecule has 0 fully saturated rings. The number of hydrogen-bond acceptors (Lipinski definition) is 3. The van der Waals surface area contributed by atoms with Gasteiger partial charge in [0.15, 0.2) is 0 Å². The predicted octanol–water partition coefficient (Wildman–Crippen LogP) is 4.26. The summed E-state index contributed by atoms with van der Waals surface area (Å²) in [6, 6.07) is 5.90. The molecule has 2 N–H and O–H groups in total. The topological polar surface area (TPSA) is 35.2 Å². The predicted molar refractivity (Wildman–Crippen MR) is 79.3 cm³/mol. The van der Waals surface area contributed by atoms with Gasteiger partial charge in [0, 0.05) is 17.0 Å². The van der Waals surface area contributed by atoms with Crippen molar-refractivity contribution in [2.24, 2.45) is 0 Å². The van der Waals surface area contributed by atoms with E-state index in [-0.39, 0.29) is 0 Å². The Morgan fingerprint density at radius 1 is 1.28 bits per heavy atom. The first kappa shape index (κ1) is 13.3. The lowest BCUT2D eigenvalue weighted by Crippen LogP contribution is -2.01. The molecule has 0 heterocycles. The standard InChI is InChI=1S/C15H21NOS/c1-17-14-11-12(16)9-10-15(14)18-13-7-5-3-2-4-6-8-13/h5,7,9-11,13H,2-4,6,8,16H2,1H3/b7-5+. The van der Waals surface area contributed by atoms with Crippen LogP contribution >= 0.6 is 11.8 Å². The molecule has 0 bridgehead atoms. The summed E-state index contributed by atoms with van der Waals surface area (Å²) in [5, 5.41) is 0.558. The molecule has 2 rings (SSSR count). The number of rotatable bonds is 3. The highest BCUT2D eigenvalue weighted by Gasteiger charge is 2.12. The molecule has 1 aliphatic rings. The highest BCUT2D eigenvalue weighted by molar-refractivity contribution is 8.00. The van der Waals surface area contributed by atoms with Crippen molar-refractivity contribution in [2.75, 3.05) is 12.8 Å². The molecule has 1 unspecified atom stereocenters. The Hall–Kier alpha value is -1.09. The maximum Gasteiger partial charge on any atom is 0.134 e. The van der Waals surface area contributed by atoms with Crippen molar-refractivity contribution in [1.29, 1.82) is 0 Å². The van der Waals surface area contributed by atoms with Crippen LogP contribution in [0.15, 0.2) is 35.2 Å². The number of anilines is 1. The van der Waals surface area contributed by atoms with Gasteiger partial charge in [-0.3, -0.25) is 0 Å². The summed E-state index contributed by atoms with van der Waals surface area (Å²) >= 11 is 1.88. The van der Waals surface area contributed by atoms with Crippen molar-refractivity contribution in [2.45, 2.75) is 42.2 Å². The van der Waals surface area contributed by atoms with Crippen molar-refractivity contribution in [3.8, 4) is 5.75 Å². The number of allylic oxidation sites excluding steroid dienone is 1. The van der Waals surface area contributed by atoms with Crippen molar-refractivity contribution < 1.29 is 4.74 Å². The summed E-state index contributed by atoms with van der Waals surface area (Å²) < 4.78 is 5.40. The summed E-state index contributed by atoms with van der Waals surface area (Å²) in [5.74, 6) is 0.885. The number of ether oxygens (including phenoxy) is 1. The van der Waals surface area contributed by atoms with E-state index in [1.165, 1.54) is 37.0 Å². The molecule has 0 radical (unpaired) electrons. The van der Waals surface area contributed by atoms with Gasteiger partial charge in [0.05, 0.1) is 12.0 Å². The Labute approximate surface area is 114 Å². The zero-order valence-corrected chi connectivity index (χ0v) is 11.7. The van der Waals surface area contributed by atoms with E-state index in [1.54, 1.807) is 7.11 Å². The molecule has 18 heavy (non-hydrogen) atoms. The second kappa shape index (κ2) is 6.74. The van der Waals surface area contributed by atoms with Crippen LogP contribution in [-0.2, 0) is 0 Å². The molecule has 1 aromatic rings. The van der Waals surface area contributed by atoms with Gasteiger partial charge in [0.2, 0.25) is 0 Å². The third kappa shape index (κ3) is 3.70. The lowest BCUT2D eigenvalue weighted by Gasteiger charge is -2.16. The summed E-state index contributed by atoms with van der Waals surface area (Å²) in [6.07, 6.45) is 11.1. The molecule has 0 saturated heterocycles. The van der Waals surface area contributed by atoms with Crippen LogP contribution in [0.3, 0.4) is 0 Å². The highest BCUT2D eigenvalue weighted by atomic mass is 32.2. The maximum absolute atomic E-state index is 5.78. The van der Waals surface area contributed by atoms with Gasteiger partial charge >= 0.3 is 0 Å². The summed E-state index contributed by atoms with van der Waals surface area (Å²) in [4.78, 5) is 1.18. The number of benzene rings is 1. The lowest BCUT2D eigenvalue weighted by atomic mass is 10.1. The Morgan fingerprint density at radius 3 is 3.00 bits per heavy atom. The van der Waals surface area contributed by atoms with Crippen molar-refractivity contribution >= 4 is 17.4 Å².